The fourth-order valence-electron chi connectivity index (χ4n) is 2.79. The number of hydrogen-bond acceptors (Lipinski definition) is 2. The Morgan fingerprint density at radius 3 is 2.75 bits per heavy atom. The number of rotatable bonds is 2. The molecule has 1 aliphatic rings. The molecule has 1 amide bonds. The minimum atomic E-state index is -0.554. The molecule has 0 spiro atoms. The van der Waals surface area contributed by atoms with Crippen LogP contribution in [0.5, 0.6) is 0 Å². The van der Waals surface area contributed by atoms with E-state index in [0.29, 0.717) is 35.8 Å². The Bertz CT molecular complexity index is 782. The topological polar surface area (TPSA) is 29.5 Å². The van der Waals surface area contributed by atoms with E-state index in [9.17, 15) is 9.18 Å². The third kappa shape index (κ3) is 3.41. The lowest BCUT2D eigenvalue weighted by Crippen LogP contribution is -2.42. The van der Waals surface area contributed by atoms with Gasteiger partial charge in [-0.2, -0.15) is 0 Å². The van der Waals surface area contributed by atoms with E-state index in [-0.39, 0.29) is 10.9 Å². The summed E-state index contributed by atoms with van der Waals surface area (Å²) >= 11 is 11.9. The number of morpholine rings is 1. The largest absolute Gasteiger partial charge is 0.370 e. The van der Waals surface area contributed by atoms with Gasteiger partial charge in [0.05, 0.1) is 18.2 Å². The van der Waals surface area contributed by atoms with Crippen molar-refractivity contribution in [3.63, 3.8) is 0 Å². The van der Waals surface area contributed by atoms with Gasteiger partial charge in [0.1, 0.15) is 11.9 Å². The van der Waals surface area contributed by atoms with E-state index in [2.05, 4.69) is 0 Å². The Labute approximate surface area is 149 Å². The van der Waals surface area contributed by atoms with Crippen molar-refractivity contribution in [2.75, 3.05) is 19.7 Å². The lowest BCUT2D eigenvalue weighted by molar-refractivity contribution is -0.0229. The predicted octanol–water partition coefficient (Wildman–Crippen LogP) is 4.65. The van der Waals surface area contributed by atoms with Crippen molar-refractivity contribution in [2.24, 2.45) is 0 Å². The van der Waals surface area contributed by atoms with E-state index >= 15 is 0 Å². The van der Waals surface area contributed by atoms with E-state index in [1.807, 2.05) is 25.1 Å². The zero-order valence-corrected chi connectivity index (χ0v) is 14.6. The Morgan fingerprint density at radius 2 is 2.00 bits per heavy atom. The summed E-state index contributed by atoms with van der Waals surface area (Å²) in [6.07, 6.45) is -0.481. The second kappa shape index (κ2) is 7.09. The monoisotopic (exact) mass is 367 g/mol. The maximum atomic E-state index is 13.8. The van der Waals surface area contributed by atoms with Crippen LogP contribution < -0.4 is 0 Å². The van der Waals surface area contributed by atoms with Gasteiger partial charge < -0.3 is 9.64 Å². The van der Waals surface area contributed by atoms with Crippen LogP contribution in [-0.2, 0) is 4.74 Å². The van der Waals surface area contributed by atoms with Gasteiger partial charge in [-0.1, -0.05) is 41.4 Å². The van der Waals surface area contributed by atoms with Crippen LogP contribution in [0.1, 0.15) is 27.6 Å². The molecule has 0 bridgehead atoms. The van der Waals surface area contributed by atoms with Crippen LogP contribution in [0.3, 0.4) is 0 Å². The summed E-state index contributed by atoms with van der Waals surface area (Å²) in [5.41, 5.74) is 2.08. The molecule has 3 rings (SSSR count). The molecule has 0 radical (unpaired) electrons. The number of hydrogen-bond donors (Lipinski definition) is 0. The van der Waals surface area contributed by atoms with Crippen LogP contribution >= 0.6 is 23.2 Å². The molecule has 2 aromatic rings. The molecule has 24 heavy (non-hydrogen) atoms. The first-order valence-electron chi connectivity index (χ1n) is 7.58. The third-order valence-electron chi connectivity index (χ3n) is 4.12. The number of carbonyl (C=O) groups is 1. The summed E-state index contributed by atoms with van der Waals surface area (Å²) in [7, 11) is 0. The minimum Gasteiger partial charge on any atom is -0.370 e. The van der Waals surface area contributed by atoms with Crippen LogP contribution in [0, 0.1) is 12.7 Å². The number of carbonyl (C=O) groups excluding carboxylic acids is 1. The quantitative estimate of drug-likeness (QED) is 0.722. The van der Waals surface area contributed by atoms with Crippen LogP contribution in [0.25, 0.3) is 0 Å². The molecule has 2 aromatic carbocycles. The minimum absolute atomic E-state index is 0.0348. The van der Waals surface area contributed by atoms with Crippen molar-refractivity contribution >= 4 is 29.1 Å². The Morgan fingerprint density at radius 1 is 1.25 bits per heavy atom. The van der Waals surface area contributed by atoms with E-state index in [4.69, 9.17) is 27.9 Å². The molecule has 126 valence electrons. The average Bonchev–Trinajstić information content (AvgIpc) is 2.58. The highest BCUT2D eigenvalue weighted by atomic mass is 35.5. The molecular weight excluding hydrogens is 352 g/mol. The number of ether oxygens (including phenoxy) is 1. The summed E-state index contributed by atoms with van der Waals surface area (Å²) in [6.45, 7) is 3.06. The second-order valence-electron chi connectivity index (χ2n) is 5.71. The summed E-state index contributed by atoms with van der Waals surface area (Å²) in [5, 5.41) is 0.295. The molecule has 1 saturated heterocycles. The van der Waals surface area contributed by atoms with Gasteiger partial charge in [0.25, 0.3) is 5.91 Å². The maximum Gasteiger partial charge on any atom is 0.254 e. The Kier molecular flexibility index (Phi) is 5.09. The van der Waals surface area contributed by atoms with Crippen LogP contribution in [0.2, 0.25) is 10.0 Å². The molecule has 1 atom stereocenters. The maximum absolute atomic E-state index is 13.8. The zero-order chi connectivity index (χ0) is 17.3. The van der Waals surface area contributed by atoms with Crippen molar-refractivity contribution < 1.29 is 13.9 Å². The average molecular weight is 368 g/mol. The highest BCUT2D eigenvalue weighted by molar-refractivity contribution is 6.35. The van der Waals surface area contributed by atoms with E-state index in [1.54, 1.807) is 11.0 Å². The third-order valence-corrected chi connectivity index (χ3v) is 4.73. The highest BCUT2D eigenvalue weighted by Gasteiger charge is 2.28. The summed E-state index contributed by atoms with van der Waals surface area (Å²) in [6, 6.07) is 10.1. The summed E-state index contributed by atoms with van der Waals surface area (Å²) in [5.74, 6) is -0.617. The fraction of sp³-hybridized carbons (Fsp3) is 0.278. The van der Waals surface area contributed by atoms with Crippen molar-refractivity contribution in [1.29, 1.82) is 0 Å². The van der Waals surface area contributed by atoms with Gasteiger partial charge in [0.2, 0.25) is 0 Å². The van der Waals surface area contributed by atoms with Gasteiger partial charge in [-0.25, -0.2) is 4.39 Å². The molecule has 0 aromatic heterocycles. The van der Waals surface area contributed by atoms with Gasteiger partial charge in [0.15, 0.2) is 0 Å². The summed E-state index contributed by atoms with van der Waals surface area (Å²) < 4.78 is 19.5. The van der Waals surface area contributed by atoms with Crippen LogP contribution in [0.15, 0.2) is 36.4 Å². The van der Waals surface area contributed by atoms with Gasteiger partial charge in [-0.05, 0) is 30.7 Å². The second-order valence-corrected chi connectivity index (χ2v) is 6.53. The smallest absolute Gasteiger partial charge is 0.254 e. The molecule has 0 aliphatic carbocycles. The first kappa shape index (κ1) is 17.2. The lowest BCUT2D eigenvalue weighted by atomic mass is 10.0. The van der Waals surface area contributed by atoms with Gasteiger partial charge >= 0.3 is 0 Å². The van der Waals surface area contributed by atoms with Crippen molar-refractivity contribution in [2.45, 2.75) is 13.0 Å². The van der Waals surface area contributed by atoms with Crippen molar-refractivity contribution in [3.8, 4) is 0 Å². The number of aryl methyl sites for hydroxylation is 1. The molecule has 0 N–H and O–H groups in total. The number of nitrogens with zero attached hydrogens (tertiary/aromatic N) is 1. The molecule has 1 fully saturated rings. The van der Waals surface area contributed by atoms with Crippen molar-refractivity contribution in [3.05, 3.63) is 69.0 Å². The highest BCUT2D eigenvalue weighted by Crippen LogP contribution is 2.32. The summed E-state index contributed by atoms with van der Waals surface area (Å²) in [4.78, 5) is 14.5. The van der Waals surface area contributed by atoms with Gasteiger partial charge in [0, 0.05) is 22.7 Å². The molecule has 3 nitrogen and oxygen atoms in total. The molecule has 6 heteroatoms. The van der Waals surface area contributed by atoms with Gasteiger partial charge in [-0.15, -0.1) is 0 Å². The van der Waals surface area contributed by atoms with E-state index < -0.39 is 11.9 Å². The van der Waals surface area contributed by atoms with E-state index in [1.165, 1.54) is 12.1 Å². The van der Waals surface area contributed by atoms with Gasteiger partial charge in [-0.3, -0.25) is 4.79 Å². The first-order valence-corrected chi connectivity index (χ1v) is 8.34. The number of benzene rings is 2. The molecule has 1 heterocycles. The lowest BCUT2D eigenvalue weighted by Gasteiger charge is -2.34. The molecule has 0 saturated carbocycles. The normalized spacial score (nSPS) is 17.8. The predicted molar refractivity (Wildman–Crippen MR) is 92.2 cm³/mol. The van der Waals surface area contributed by atoms with E-state index in [0.717, 1.165) is 5.56 Å². The number of halogens is 3. The van der Waals surface area contributed by atoms with Crippen LogP contribution in [0.4, 0.5) is 4.39 Å². The Balaban J connectivity index is 1.84. The molecule has 1 unspecified atom stereocenters. The zero-order valence-electron chi connectivity index (χ0n) is 13.1. The standard InChI is InChI=1S/C18H16Cl2FNO2/c1-11-4-2-3-5-12(11)18(23)22-6-7-24-17(10-22)13-8-16(21)15(20)9-14(13)19/h2-5,8-9,17H,6-7,10H2,1H3. The van der Waals surface area contributed by atoms with Crippen molar-refractivity contribution in [1.82, 2.24) is 4.90 Å². The number of amides is 1. The SMILES string of the molecule is Cc1ccccc1C(=O)N1CCOC(c2cc(F)c(Cl)cc2Cl)C1. The molecular formula is C18H16Cl2FNO2. The molecule has 1 aliphatic heterocycles. The fourth-order valence-corrected chi connectivity index (χ4v) is 3.29. The van der Waals surface area contributed by atoms with Crippen LogP contribution in [-0.4, -0.2) is 30.5 Å². The first-order chi connectivity index (χ1) is 11.5. The Hall–Kier alpha value is -1.62.